The van der Waals surface area contributed by atoms with Crippen LogP contribution < -0.4 is 0 Å². The summed E-state index contributed by atoms with van der Waals surface area (Å²) in [5, 5.41) is 10.7. The second-order valence-corrected chi connectivity index (χ2v) is 28.0. The van der Waals surface area contributed by atoms with Crippen molar-refractivity contribution in [2.24, 2.45) is 0 Å². The van der Waals surface area contributed by atoms with Gasteiger partial charge in [0, 0.05) is 11.1 Å². The third-order valence-electron chi connectivity index (χ3n) is 13.6. The average molecular weight is 691 g/mol. The van der Waals surface area contributed by atoms with E-state index < -0.39 is 16.1 Å². The molecule has 0 spiro atoms. The molecule has 0 aliphatic heterocycles. The van der Waals surface area contributed by atoms with Crippen LogP contribution in [-0.2, 0) is 0 Å². The number of rotatable bonds is 6. The van der Waals surface area contributed by atoms with E-state index in [1.54, 1.807) is 0 Å². The molecule has 2 aliphatic rings. The molecule has 2 heteroatoms. The maximum atomic E-state index is 4.23. The summed E-state index contributed by atoms with van der Waals surface area (Å²) in [6.45, 7) is 29.1. The summed E-state index contributed by atoms with van der Waals surface area (Å²) >= 11 is 0. The fourth-order valence-electron chi connectivity index (χ4n) is 10.6. The maximum absolute atomic E-state index is 4.23. The third-order valence-corrected chi connectivity index (χ3v) is 26.2. The van der Waals surface area contributed by atoms with Crippen molar-refractivity contribution < 1.29 is 0 Å². The van der Waals surface area contributed by atoms with E-state index in [9.17, 15) is 0 Å². The summed E-state index contributed by atoms with van der Waals surface area (Å²) in [7, 11) is -3.73. The summed E-state index contributed by atoms with van der Waals surface area (Å²) in [4.78, 5) is 0. The number of fused-ring (bicyclic) bond motifs is 4. The first-order chi connectivity index (χ1) is 23.7. The third kappa shape index (κ3) is 5.40. The molecule has 0 N–H and O–H groups in total. The molecule has 0 saturated heterocycles. The first kappa shape index (κ1) is 35.1. The smallest absolute Gasteiger partial charge is 0.125 e. The topological polar surface area (TPSA) is 0 Å². The van der Waals surface area contributed by atoms with Crippen LogP contribution >= 0.6 is 0 Å². The monoisotopic (exact) mass is 690 g/mol. The van der Waals surface area contributed by atoms with Gasteiger partial charge in [0.15, 0.2) is 0 Å². The zero-order chi connectivity index (χ0) is 35.9. The molecule has 5 aromatic carbocycles. The van der Waals surface area contributed by atoms with Gasteiger partial charge in [0.25, 0.3) is 0 Å². The van der Waals surface area contributed by atoms with E-state index in [0.29, 0.717) is 22.2 Å². The highest BCUT2D eigenvalue weighted by Gasteiger charge is 2.52. The zero-order valence-electron chi connectivity index (χ0n) is 32.9. The highest BCUT2D eigenvalue weighted by Crippen LogP contribution is 2.55. The fraction of sp³-hybridized carbons (Fsp3) is 0.458. The van der Waals surface area contributed by atoms with Crippen molar-refractivity contribution in [3.8, 4) is 22.9 Å². The highest BCUT2D eigenvalue weighted by molar-refractivity contribution is 6.92. The van der Waals surface area contributed by atoms with Gasteiger partial charge >= 0.3 is 0 Å². The lowest BCUT2D eigenvalue weighted by Gasteiger charge is -2.34. The van der Waals surface area contributed by atoms with Crippen LogP contribution in [0.4, 0.5) is 0 Å². The van der Waals surface area contributed by atoms with Crippen molar-refractivity contribution in [2.75, 3.05) is 0 Å². The van der Waals surface area contributed by atoms with Crippen molar-refractivity contribution >= 4 is 59.2 Å². The van der Waals surface area contributed by atoms with Gasteiger partial charge in [0.05, 0.1) is 0 Å². The van der Waals surface area contributed by atoms with Crippen LogP contribution in [0.15, 0.2) is 48.5 Å². The molecule has 7 rings (SSSR count). The highest BCUT2D eigenvalue weighted by atomic mass is 28.3. The van der Waals surface area contributed by atoms with Gasteiger partial charge in [0.2, 0.25) is 0 Å². The van der Waals surface area contributed by atoms with E-state index in [0.717, 1.165) is 11.1 Å². The Morgan fingerprint density at radius 3 is 1.44 bits per heavy atom. The van der Waals surface area contributed by atoms with Crippen LogP contribution in [0.3, 0.4) is 0 Å². The summed E-state index contributed by atoms with van der Waals surface area (Å²) < 4.78 is 0. The average Bonchev–Trinajstić information content (AvgIpc) is 3.98. The van der Waals surface area contributed by atoms with Crippen molar-refractivity contribution in [2.45, 2.75) is 142 Å². The Balaban J connectivity index is 1.60. The Kier molecular flexibility index (Phi) is 8.94. The minimum absolute atomic E-state index is 0.637. The van der Waals surface area contributed by atoms with Crippen LogP contribution in [-0.4, -0.2) is 16.1 Å². The van der Waals surface area contributed by atoms with Crippen LogP contribution in [0.2, 0.25) is 33.2 Å². The van der Waals surface area contributed by atoms with E-state index in [1.165, 1.54) is 102 Å². The molecule has 50 heavy (non-hydrogen) atoms. The van der Waals surface area contributed by atoms with Crippen LogP contribution in [0, 0.1) is 50.6 Å². The normalized spacial score (nSPS) is 15.5. The summed E-state index contributed by atoms with van der Waals surface area (Å²) in [6, 6.07) is 18.5. The van der Waals surface area contributed by atoms with Crippen molar-refractivity contribution in [3.63, 3.8) is 0 Å². The maximum Gasteiger partial charge on any atom is 0.147 e. The Morgan fingerprint density at radius 1 is 0.480 bits per heavy atom. The first-order valence-corrected chi connectivity index (χ1v) is 24.1. The van der Waals surface area contributed by atoms with Gasteiger partial charge in [-0.15, -0.1) is 11.1 Å². The van der Waals surface area contributed by atoms with Gasteiger partial charge in [-0.2, -0.15) is 0 Å². The standard InChI is InChI=1S/C48H58Si2/c1-29(2)49(30(3)4,41-17-18-41)23-21-43-33(9)34(10)48-36(12)47-35(11)45-27-38-16-14-13-15-37(38)25-39(45)26-40(47)28-46(48)44(43)22-24-50(31(5)6,32(7)8)42-19-20-42/h13-16,25-32,41-42H,17-20H2,1-12H3. The van der Waals surface area contributed by atoms with Crippen molar-refractivity contribution in [1.82, 2.24) is 0 Å². The van der Waals surface area contributed by atoms with Crippen molar-refractivity contribution in [1.29, 1.82) is 0 Å². The predicted octanol–water partition coefficient (Wildman–Crippen LogP) is 14.2. The van der Waals surface area contributed by atoms with E-state index in [4.69, 9.17) is 0 Å². The molecule has 2 fully saturated rings. The van der Waals surface area contributed by atoms with Gasteiger partial charge in [-0.1, -0.05) is 117 Å². The second kappa shape index (κ2) is 12.7. The second-order valence-electron chi connectivity index (χ2n) is 17.5. The van der Waals surface area contributed by atoms with E-state index in [2.05, 4.69) is 155 Å². The SMILES string of the molecule is Cc1c(C#C[Si](C(C)C)(C(C)C)C2CC2)c(C#C[Si](C(C)C)(C(C)C)C2CC2)c2cc3cc4cc5ccccc5cc4c(C)c3c(C)c2c1C. The van der Waals surface area contributed by atoms with Gasteiger partial charge in [-0.3, -0.25) is 0 Å². The molecule has 0 nitrogen and oxygen atoms in total. The Morgan fingerprint density at radius 2 is 0.940 bits per heavy atom. The molecule has 0 radical (unpaired) electrons. The van der Waals surface area contributed by atoms with Crippen LogP contribution in [0.25, 0.3) is 43.1 Å². The van der Waals surface area contributed by atoms with Gasteiger partial charge in [-0.25, -0.2) is 0 Å². The first-order valence-electron chi connectivity index (χ1n) is 19.6. The number of aryl methyl sites for hydroxylation is 3. The largest absolute Gasteiger partial charge is 0.147 e. The molecule has 0 amide bonds. The number of hydrogen-bond acceptors (Lipinski definition) is 0. The summed E-state index contributed by atoms with van der Waals surface area (Å²) in [5.74, 6) is 8.11. The summed E-state index contributed by atoms with van der Waals surface area (Å²) in [6.07, 6.45) is 5.46. The molecule has 0 atom stereocenters. The molecule has 2 saturated carbocycles. The van der Waals surface area contributed by atoms with Crippen LogP contribution in [0.5, 0.6) is 0 Å². The molecule has 0 aromatic heterocycles. The molecule has 0 bridgehead atoms. The molecule has 2 aliphatic carbocycles. The van der Waals surface area contributed by atoms with E-state index >= 15 is 0 Å². The van der Waals surface area contributed by atoms with Gasteiger partial charge in [-0.05, 0) is 151 Å². The minimum atomic E-state index is -1.88. The fourth-order valence-corrected chi connectivity index (χ4v) is 21.5. The Hall–Kier alpha value is -3.31. The quantitative estimate of drug-likeness (QED) is 0.0945. The number of benzene rings is 5. The molecule has 258 valence electrons. The Bertz CT molecular complexity index is 2280. The van der Waals surface area contributed by atoms with Crippen molar-refractivity contribution in [3.05, 3.63) is 81.9 Å². The van der Waals surface area contributed by atoms with E-state index in [1.807, 2.05) is 0 Å². The lowest BCUT2D eigenvalue weighted by molar-refractivity contribution is 0.891. The van der Waals surface area contributed by atoms with E-state index in [-0.39, 0.29) is 0 Å². The Labute approximate surface area is 304 Å². The van der Waals surface area contributed by atoms with Crippen LogP contribution in [0.1, 0.15) is 114 Å². The summed E-state index contributed by atoms with van der Waals surface area (Å²) in [5.41, 5.74) is 20.6. The molecule has 0 heterocycles. The predicted molar refractivity (Wildman–Crippen MR) is 227 cm³/mol. The van der Waals surface area contributed by atoms with Gasteiger partial charge in [0.1, 0.15) is 16.1 Å². The lowest BCUT2D eigenvalue weighted by atomic mass is 9.84. The lowest BCUT2D eigenvalue weighted by Crippen LogP contribution is -2.41. The molecular formula is C48H58Si2. The molecule has 5 aromatic rings. The zero-order valence-corrected chi connectivity index (χ0v) is 34.9. The minimum Gasteiger partial charge on any atom is -0.125 e. The molecular weight excluding hydrogens is 633 g/mol. The van der Waals surface area contributed by atoms with Gasteiger partial charge < -0.3 is 0 Å². The number of hydrogen-bond donors (Lipinski definition) is 0. The molecule has 0 unspecified atom stereocenters.